The van der Waals surface area contributed by atoms with Crippen LogP contribution in [0.5, 0.6) is 0 Å². The topological polar surface area (TPSA) is 125 Å². The molecular weight excluding hydrogens is 420 g/mol. The van der Waals surface area contributed by atoms with E-state index in [1.807, 2.05) is 6.07 Å². The maximum atomic E-state index is 12.3. The summed E-state index contributed by atoms with van der Waals surface area (Å²) in [5, 5.41) is 23.4. The Morgan fingerprint density at radius 3 is 2.28 bits per heavy atom. The Hall–Kier alpha value is -2.01. The first-order chi connectivity index (χ1) is 13.8. The van der Waals surface area contributed by atoms with Crippen LogP contribution in [0.25, 0.3) is 0 Å². The normalized spacial score (nSPS) is 24.4. The Morgan fingerprint density at radius 2 is 1.62 bits per heavy atom. The molecule has 0 saturated carbocycles. The molecule has 0 unspecified atom stereocenters. The van der Waals surface area contributed by atoms with E-state index in [9.17, 15) is 23.4 Å². The molecule has 1 fully saturated rings. The van der Waals surface area contributed by atoms with E-state index in [0.717, 1.165) is 0 Å². The summed E-state index contributed by atoms with van der Waals surface area (Å²) < 4.78 is 32.5. The van der Waals surface area contributed by atoms with Crippen LogP contribution in [0.2, 0.25) is 5.02 Å². The summed E-state index contributed by atoms with van der Waals surface area (Å²) in [5.74, 6) is -0.394. The number of anilines is 1. The number of hydrogen-bond acceptors (Lipinski definition) is 6. The zero-order valence-corrected chi connectivity index (χ0v) is 16.8. The van der Waals surface area contributed by atoms with Crippen LogP contribution in [0.1, 0.15) is 6.42 Å². The van der Waals surface area contributed by atoms with Gasteiger partial charge in [-0.3, -0.25) is 4.79 Å². The van der Waals surface area contributed by atoms with E-state index in [2.05, 4.69) is 10.0 Å². The first kappa shape index (κ1) is 21.7. The summed E-state index contributed by atoms with van der Waals surface area (Å²) in [6, 6.07) is 14.4. The van der Waals surface area contributed by atoms with Gasteiger partial charge in [-0.25, -0.2) is 13.1 Å². The summed E-state index contributed by atoms with van der Waals surface area (Å²) in [6.45, 7) is -0.264. The van der Waals surface area contributed by atoms with Gasteiger partial charge in [0.25, 0.3) is 0 Å². The molecule has 0 spiro atoms. The van der Waals surface area contributed by atoms with Gasteiger partial charge in [0.1, 0.15) is 18.3 Å². The first-order valence-corrected chi connectivity index (χ1v) is 10.7. The van der Waals surface area contributed by atoms with E-state index >= 15 is 0 Å². The van der Waals surface area contributed by atoms with Gasteiger partial charge in [0.05, 0.1) is 17.4 Å². The number of hydrogen-bond donors (Lipinski definition) is 4. The molecule has 1 saturated heterocycles. The van der Waals surface area contributed by atoms with Gasteiger partial charge in [-0.15, -0.1) is 0 Å². The van der Waals surface area contributed by atoms with E-state index < -0.39 is 40.3 Å². The van der Waals surface area contributed by atoms with Crippen LogP contribution in [0, 0.1) is 0 Å². The molecule has 1 aliphatic heterocycles. The summed E-state index contributed by atoms with van der Waals surface area (Å²) in [4.78, 5) is 12.2. The van der Waals surface area contributed by atoms with Gasteiger partial charge in [-0.2, -0.15) is 0 Å². The highest BCUT2D eigenvalue weighted by atomic mass is 35.5. The molecule has 29 heavy (non-hydrogen) atoms. The van der Waals surface area contributed by atoms with E-state index in [-0.39, 0.29) is 17.9 Å². The fraction of sp³-hybridized carbons (Fsp3) is 0.316. The third-order valence-corrected chi connectivity index (χ3v) is 6.20. The van der Waals surface area contributed by atoms with Crippen LogP contribution < -0.4 is 10.0 Å². The minimum Gasteiger partial charge on any atom is -0.388 e. The zero-order valence-electron chi connectivity index (χ0n) is 15.2. The molecule has 1 heterocycles. The van der Waals surface area contributed by atoms with Gasteiger partial charge in [0.2, 0.25) is 15.9 Å². The van der Waals surface area contributed by atoms with Gasteiger partial charge < -0.3 is 20.3 Å². The SMILES string of the molecule is O=C(C[C@@H]1O[C@H](CNS(=O)(=O)c2ccc(Cl)cc2)[C@@H](O)[C@H]1O)Nc1ccccc1. The molecule has 1 aliphatic rings. The molecule has 156 valence electrons. The number of para-hydroxylation sites is 1. The van der Waals surface area contributed by atoms with Crippen molar-refractivity contribution in [3.8, 4) is 0 Å². The fourth-order valence-electron chi connectivity index (χ4n) is 2.97. The summed E-state index contributed by atoms with van der Waals surface area (Å²) in [5.41, 5.74) is 0.595. The number of rotatable bonds is 7. The first-order valence-electron chi connectivity index (χ1n) is 8.88. The number of amides is 1. The van der Waals surface area contributed by atoms with Crippen LogP contribution >= 0.6 is 11.6 Å². The lowest BCUT2D eigenvalue weighted by Gasteiger charge is -2.15. The molecule has 4 N–H and O–H groups in total. The molecule has 8 nitrogen and oxygen atoms in total. The third-order valence-electron chi connectivity index (χ3n) is 4.50. The molecule has 3 rings (SSSR count). The largest absolute Gasteiger partial charge is 0.388 e. The molecule has 2 aromatic carbocycles. The van der Waals surface area contributed by atoms with Crippen LogP contribution in [-0.4, -0.2) is 55.5 Å². The molecule has 0 radical (unpaired) electrons. The number of halogens is 1. The van der Waals surface area contributed by atoms with Crippen molar-refractivity contribution in [1.29, 1.82) is 0 Å². The van der Waals surface area contributed by atoms with Crippen LogP contribution in [0.4, 0.5) is 5.69 Å². The Morgan fingerprint density at radius 1 is 1.00 bits per heavy atom. The van der Waals surface area contributed by atoms with Crippen molar-refractivity contribution in [2.24, 2.45) is 0 Å². The second kappa shape index (κ2) is 9.21. The average molecular weight is 441 g/mol. The Bertz CT molecular complexity index is 939. The highest BCUT2D eigenvalue weighted by molar-refractivity contribution is 7.89. The summed E-state index contributed by atoms with van der Waals surface area (Å²) in [7, 11) is -3.85. The second-order valence-corrected chi connectivity index (χ2v) is 8.82. The smallest absolute Gasteiger partial charge is 0.240 e. The number of nitrogens with one attached hydrogen (secondary N) is 2. The Kier molecular flexibility index (Phi) is 6.89. The predicted octanol–water partition coefficient (Wildman–Crippen LogP) is 1.14. The highest BCUT2D eigenvalue weighted by Gasteiger charge is 2.43. The van der Waals surface area contributed by atoms with E-state index in [1.54, 1.807) is 24.3 Å². The van der Waals surface area contributed by atoms with Crippen molar-refractivity contribution in [2.75, 3.05) is 11.9 Å². The summed E-state index contributed by atoms with van der Waals surface area (Å²) >= 11 is 5.76. The molecule has 10 heteroatoms. The minimum atomic E-state index is -3.85. The Labute approximate surface area is 173 Å². The number of aliphatic hydroxyl groups is 2. The van der Waals surface area contributed by atoms with Crippen LogP contribution in [0.15, 0.2) is 59.5 Å². The molecule has 4 atom stereocenters. The number of benzene rings is 2. The van der Waals surface area contributed by atoms with Crippen molar-refractivity contribution in [1.82, 2.24) is 4.72 Å². The quantitative estimate of drug-likeness (QED) is 0.511. The lowest BCUT2D eigenvalue weighted by molar-refractivity contribution is -0.120. The number of carbonyl (C=O) groups excluding carboxylic acids is 1. The number of aliphatic hydroxyl groups excluding tert-OH is 2. The number of carbonyl (C=O) groups is 1. The lowest BCUT2D eigenvalue weighted by Crippen LogP contribution is -2.40. The van der Waals surface area contributed by atoms with E-state index in [1.165, 1.54) is 24.3 Å². The van der Waals surface area contributed by atoms with E-state index in [0.29, 0.717) is 10.7 Å². The molecule has 1 amide bonds. The van der Waals surface area contributed by atoms with Gasteiger partial charge in [0, 0.05) is 17.3 Å². The molecule has 0 aliphatic carbocycles. The molecule has 0 bridgehead atoms. The van der Waals surface area contributed by atoms with Crippen LogP contribution in [-0.2, 0) is 19.6 Å². The van der Waals surface area contributed by atoms with Crippen LogP contribution in [0.3, 0.4) is 0 Å². The molecule has 0 aromatic heterocycles. The molecule has 2 aromatic rings. The van der Waals surface area contributed by atoms with Crippen molar-refractivity contribution in [3.05, 3.63) is 59.6 Å². The van der Waals surface area contributed by atoms with Crippen molar-refractivity contribution in [3.63, 3.8) is 0 Å². The highest BCUT2D eigenvalue weighted by Crippen LogP contribution is 2.24. The third kappa shape index (κ3) is 5.53. The predicted molar refractivity (Wildman–Crippen MR) is 107 cm³/mol. The minimum absolute atomic E-state index is 0.00808. The number of sulfonamides is 1. The lowest BCUT2D eigenvalue weighted by atomic mass is 10.1. The van der Waals surface area contributed by atoms with Crippen molar-refractivity contribution >= 4 is 33.2 Å². The zero-order chi connectivity index (χ0) is 21.0. The van der Waals surface area contributed by atoms with Crippen molar-refractivity contribution < 1.29 is 28.2 Å². The maximum absolute atomic E-state index is 12.3. The second-order valence-electron chi connectivity index (χ2n) is 6.62. The Balaban J connectivity index is 1.56. The van der Waals surface area contributed by atoms with E-state index in [4.69, 9.17) is 16.3 Å². The van der Waals surface area contributed by atoms with Gasteiger partial charge in [-0.05, 0) is 36.4 Å². The van der Waals surface area contributed by atoms with Crippen molar-refractivity contribution in [2.45, 2.75) is 35.7 Å². The fourth-order valence-corrected chi connectivity index (χ4v) is 4.14. The number of ether oxygens (including phenoxy) is 1. The van der Waals surface area contributed by atoms with Gasteiger partial charge >= 0.3 is 0 Å². The monoisotopic (exact) mass is 440 g/mol. The molecular formula is C19H21ClN2O6S. The average Bonchev–Trinajstić information content (AvgIpc) is 2.95. The standard InChI is InChI=1S/C19H21ClN2O6S/c20-12-6-8-14(9-7-12)29(26,27)21-11-16-19(25)18(24)15(28-16)10-17(23)22-13-4-2-1-3-5-13/h1-9,15-16,18-19,21,24-25H,10-11H2,(H,22,23)/t15-,16+,18-,19+/m0/s1. The van der Waals surface area contributed by atoms with Gasteiger partial charge in [0.15, 0.2) is 0 Å². The summed E-state index contributed by atoms with van der Waals surface area (Å²) in [6.07, 6.45) is -4.80. The van der Waals surface area contributed by atoms with Gasteiger partial charge in [-0.1, -0.05) is 29.8 Å². The maximum Gasteiger partial charge on any atom is 0.240 e.